The molecule has 1 amide bonds. The van der Waals surface area contributed by atoms with Crippen LogP contribution in [0.2, 0.25) is 0 Å². The molecule has 1 saturated heterocycles. The number of carbonyl (C=O) groups is 1. The molecule has 152 valence electrons. The van der Waals surface area contributed by atoms with E-state index >= 15 is 0 Å². The van der Waals surface area contributed by atoms with Gasteiger partial charge in [-0.15, -0.1) is 0 Å². The van der Waals surface area contributed by atoms with Crippen molar-refractivity contribution in [3.8, 4) is 0 Å². The molecule has 0 saturated carbocycles. The SMILES string of the molecule is CC12OC[C@](C)(C(N)=O)C1C=C(C(CN)C(F)(F)F)N=C2c1ccc(F)cc1. The van der Waals surface area contributed by atoms with E-state index in [2.05, 4.69) is 4.99 Å². The molecular formula is C19H21F4N3O2. The summed E-state index contributed by atoms with van der Waals surface area (Å²) in [7, 11) is 0. The quantitative estimate of drug-likeness (QED) is 0.763. The molecule has 1 aromatic rings. The van der Waals surface area contributed by atoms with E-state index in [9.17, 15) is 22.4 Å². The lowest BCUT2D eigenvalue weighted by molar-refractivity contribution is -0.161. The fraction of sp³-hybridized carbons (Fsp3) is 0.474. The van der Waals surface area contributed by atoms with E-state index in [1.165, 1.54) is 30.3 Å². The Morgan fingerprint density at radius 1 is 1.32 bits per heavy atom. The molecule has 2 aliphatic rings. The molecular weight excluding hydrogens is 378 g/mol. The lowest BCUT2D eigenvalue weighted by Gasteiger charge is -2.39. The van der Waals surface area contributed by atoms with Crippen molar-refractivity contribution in [3.05, 3.63) is 47.4 Å². The van der Waals surface area contributed by atoms with E-state index in [0.29, 0.717) is 5.56 Å². The van der Waals surface area contributed by atoms with Gasteiger partial charge in [-0.1, -0.05) is 18.2 Å². The van der Waals surface area contributed by atoms with Crippen LogP contribution >= 0.6 is 0 Å². The normalized spacial score (nSPS) is 31.0. The van der Waals surface area contributed by atoms with Crippen LogP contribution in [0.3, 0.4) is 0 Å². The summed E-state index contributed by atoms with van der Waals surface area (Å²) in [5.41, 5.74) is 8.80. The number of halogens is 4. The molecule has 0 spiro atoms. The zero-order chi connectivity index (χ0) is 20.9. The first-order valence-corrected chi connectivity index (χ1v) is 8.71. The number of carbonyl (C=O) groups excluding carboxylic acids is 1. The summed E-state index contributed by atoms with van der Waals surface area (Å²) < 4.78 is 59.8. The van der Waals surface area contributed by atoms with Crippen LogP contribution in [0.5, 0.6) is 0 Å². The summed E-state index contributed by atoms with van der Waals surface area (Å²) in [5.74, 6) is -3.98. The first-order valence-electron chi connectivity index (χ1n) is 8.71. The molecule has 0 bridgehead atoms. The summed E-state index contributed by atoms with van der Waals surface area (Å²) in [4.78, 5) is 16.4. The molecule has 9 heteroatoms. The van der Waals surface area contributed by atoms with Crippen molar-refractivity contribution >= 4 is 11.6 Å². The number of hydrogen-bond donors (Lipinski definition) is 2. The second kappa shape index (κ2) is 6.66. The maximum atomic E-state index is 13.5. The standard InChI is InChI=1S/C19H21F4N3O2/c1-17(16(25)27)9-28-18(2)14(17)7-13(12(8-24)19(21,22)23)26-15(18)10-3-5-11(20)6-4-10/h3-7,12,14H,8-9,24H2,1-2H3,(H2,25,27)/t12?,14?,17-,18?/m0/s1. The van der Waals surface area contributed by atoms with E-state index in [1.807, 2.05) is 0 Å². The summed E-state index contributed by atoms with van der Waals surface area (Å²) in [6, 6.07) is 5.18. The average Bonchev–Trinajstić information content (AvgIpc) is 2.88. The zero-order valence-electron chi connectivity index (χ0n) is 15.4. The third-order valence-electron chi connectivity index (χ3n) is 5.67. The van der Waals surface area contributed by atoms with Gasteiger partial charge in [-0.05, 0) is 31.5 Å². The van der Waals surface area contributed by atoms with Crippen LogP contribution in [0.15, 0.2) is 41.0 Å². The summed E-state index contributed by atoms with van der Waals surface area (Å²) in [5, 5.41) is 0. The Hall–Kier alpha value is -2.26. The second-order valence-corrected chi connectivity index (χ2v) is 7.54. The molecule has 3 rings (SSSR count). The fourth-order valence-electron chi connectivity index (χ4n) is 3.89. The third kappa shape index (κ3) is 3.12. The van der Waals surface area contributed by atoms with Crippen molar-refractivity contribution in [2.75, 3.05) is 13.2 Å². The monoisotopic (exact) mass is 399 g/mol. The van der Waals surface area contributed by atoms with Gasteiger partial charge in [0.05, 0.1) is 23.4 Å². The average molecular weight is 399 g/mol. The van der Waals surface area contributed by atoms with Gasteiger partial charge in [0.25, 0.3) is 0 Å². The van der Waals surface area contributed by atoms with Gasteiger partial charge in [0, 0.05) is 12.5 Å². The molecule has 1 fully saturated rings. The number of rotatable bonds is 4. The van der Waals surface area contributed by atoms with Crippen LogP contribution in [0.1, 0.15) is 19.4 Å². The Balaban J connectivity index is 2.21. The Labute approximate surface area is 159 Å². The number of hydrogen-bond acceptors (Lipinski definition) is 4. The highest BCUT2D eigenvalue weighted by atomic mass is 19.4. The van der Waals surface area contributed by atoms with Crippen molar-refractivity contribution in [1.29, 1.82) is 0 Å². The number of nitrogens with zero attached hydrogens (tertiary/aromatic N) is 1. The highest BCUT2D eigenvalue weighted by molar-refractivity contribution is 6.09. The van der Waals surface area contributed by atoms with Gasteiger partial charge in [0.2, 0.25) is 5.91 Å². The Kier molecular flexibility index (Phi) is 4.87. The minimum absolute atomic E-state index is 0.0766. The predicted molar refractivity (Wildman–Crippen MR) is 94.8 cm³/mol. The van der Waals surface area contributed by atoms with E-state index in [-0.39, 0.29) is 18.0 Å². The van der Waals surface area contributed by atoms with Gasteiger partial charge >= 0.3 is 6.18 Å². The molecule has 5 nitrogen and oxygen atoms in total. The Morgan fingerprint density at radius 2 is 1.93 bits per heavy atom. The van der Waals surface area contributed by atoms with Crippen molar-refractivity contribution in [2.45, 2.75) is 25.6 Å². The van der Waals surface area contributed by atoms with Crippen molar-refractivity contribution in [3.63, 3.8) is 0 Å². The van der Waals surface area contributed by atoms with Crippen LogP contribution in [0, 0.1) is 23.1 Å². The zero-order valence-corrected chi connectivity index (χ0v) is 15.4. The molecule has 3 unspecified atom stereocenters. The lowest BCUT2D eigenvalue weighted by atomic mass is 9.67. The largest absolute Gasteiger partial charge is 0.398 e. The Morgan fingerprint density at radius 3 is 2.43 bits per heavy atom. The fourth-order valence-corrected chi connectivity index (χ4v) is 3.89. The topological polar surface area (TPSA) is 90.7 Å². The number of aliphatic imine (C=N–C) groups is 1. The van der Waals surface area contributed by atoms with Crippen LogP contribution in [0.4, 0.5) is 17.6 Å². The molecule has 28 heavy (non-hydrogen) atoms. The third-order valence-corrected chi connectivity index (χ3v) is 5.67. The van der Waals surface area contributed by atoms with E-state index in [1.54, 1.807) is 13.8 Å². The van der Waals surface area contributed by atoms with Gasteiger partial charge in [0.15, 0.2) is 0 Å². The van der Waals surface area contributed by atoms with E-state index in [4.69, 9.17) is 16.2 Å². The first-order chi connectivity index (χ1) is 12.9. The van der Waals surface area contributed by atoms with Gasteiger partial charge in [-0.25, -0.2) is 4.39 Å². The van der Waals surface area contributed by atoms with Crippen molar-refractivity contribution in [2.24, 2.45) is 33.7 Å². The van der Waals surface area contributed by atoms with Crippen LogP contribution < -0.4 is 11.5 Å². The molecule has 2 heterocycles. The minimum atomic E-state index is -4.62. The number of amides is 1. The number of fused-ring (bicyclic) bond motifs is 1. The molecule has 4 N–H and O–H groups in total. The van der Waals surface area contributed by atoms with E-state index in [0.717, 1.165) is 0 Å². The number of nitrogens with two attached hydrogens (primary N) is 2. The molecule has 0 radical (unpaired) electrons. The lowest BCUT2D eigenvalue weighted by Crippen LogP contribution is -2.50. The molecule has 2 aliphatic heterocycles. The highest BCUT2D eigenvalue weighted by Crippen LogP contribution is 2.51. The maximum Gasteiger partial charge on any atom is 0.398 e. The van der Waals surface area contributed by atoms with Gasteiger partial charge in [-0.2, -0.15) is 13.2 Å². The minimum Gasteiger partial charge on any atom is -0.369 e. The summed E-state index contributed by atoms with van der Waals surface area (Å²) in [6.07, 6.45) is -3.32. The number of benzene rings is 1. The van der Waals surface area contributed by atoms with Gasteiger partial charge < -0.3 is 16.2 Å². The van der Waals surface area contributed by atoms with E-state index < -0.39 is 47.3 Å². The van der Waals surface area contributed by atoms with Gasteiger partial charge in [-0.3, -0.25) is 9.79 Å². The van der Waals surface area contributed by atoms with Crippen LogP contribution in [-0.4, -0.2) is 36.5 Å². The summed E-state index contributed by atoms with van der Waals surface area (Å²) in [6.45, 7) is 2.42. The van der Waals surface area contributed by atoms with Gasteiger partial charge in [0.1, 0.15) is 17.3 Å². The number of alkyl halides is 3. The van der Waals surface area contributed by atoms with Crippen molar-refractivity contribution < 1.29 is 27.1 Å². The number of primary amides is 1. The maximum absolute atomic E-state index is 13.5. The highest BCUT2D eigenvalue weighted by Gasteiger charge is 2.60. The number of ether oxygens (including phenoxy) is 1. The molecule has 4 atom stereocenters. The second-order valence-electron chi connectivity index (χ2n) is 7.54. The molecule has 0 aliphatic carbocycles. The molecule has 1 aromatic carbocycles. The molecule has 0 aromatic heterocycles. The predicted octanol–water partition coefficient (Wildman–Crippen LogP) is 2.55. The van der Waals surface area contributed by atoms with Crippen LogP contribution in [0.25, 0.3) is 0 Å². The van der Waals surface area contributed by atoms with Crippen LogP contribution in [-0.2, 0) is 9.53 Å². The smallest absolute Gasteiger partial charge is 0.369 e. The van der Waals surface area contributed by atoms with Crippen molar-refractivity contribution in [1.82, 2.24) is 0 Å². The Bertz CT molecular complexity index is 850. The first kappa shape index (κ1) is 20.5. The summed E-state index contributed by atoms with van der Waals surface area (Å²) >= 11 is 0.